The third-order valence-electron chi connectivity index (χ3n) is 2.28. The van der Waals surface area contributed by atoms with Crippen molar-refractivity contribution in [2.45, 2.75) is 13.3 Å². The van der Waals surface area contributed by atoms with Crippen LogP contribution in [0, 0.1) is 0 Å². The zero-order chi connectivity index (χ0) is 13.2. The lowest BCUT2D eigenvalue weighted by Gasteiger charge is -2.08. The highest BCUT2D eigenvalue weighted by Gasteiger charge is 2.03. The Hall–Kier alpha value is -0.520. The molecule has 0 unspecified atom stereocenters. The molecule has 0 bridgehead atoms. The number of hydrogen-bond acceptors (Lipinski definition) is 3. The first kappa shape index (κ1) is 15.5. The van der Waals surface area contributed by atoms with Crippen molar-refractivity contribution in [3.05, 3.63) is 28.7 Å². The van der Waals surface area contributed by atoms with E-state index < -0.39 is 0 Å². The maximum Gasteiger partial charge on any atom is 0.238 e. The monoisotopic (exact) mass is 330 g/mol. The molecule has 0 heterocycles. The number of para-hydroxylation sites is 1. The molecule has 1 aromatic rings. The number of halogens is 1. The lowest BCUT2D eigenvalue weighted by molar-refractivity contribution is -0.115. The van der Waals surface area contributed by atoms with Gasteiger partial charge in [-0.05, 0) is 52.5 Å². The van der Waals surface area contributed by atoms with Crippen molar-refractivity contribution in [2.75, 3.05) is 29.9 Å². The van der Waals surface area contributed by atoms with Gasteiger partial charge in [0.25, 0.3) is 0 Å². The fraction of sp³-hybridized carbons (Fsp3) is 0.462. The predicted octanol–water partition coefficient (Wildman–Crippen LogP) is 3.12. The Morgan fingerprint density at radius 1 is 1.39 bits per heavy atom. The van der Waals surface area contributed by atoms with Gasteiger partial charge < -0.3 is 10.6 Å². The van der Waals surface area contributed by atoms with Crippen LogP contribution in [0.2, 0.25) is 0 Å². The largest absolute Gasteiger partial charge is 0.324 e. The number of thioether (sulfide) groups is 1. The third-order valence-corrected chi connectivity index (χ3v) is 3.96. The molecule has 5 heteroatoms. The number of hydrogen-bond donors (Lipinski definition) is 2. The Kier molecular flexibility index (Phi) is 8.13. The summed E-state index contributed by atoms with van der Waals surface area (Å²) in [6.45, 7) is 3.40. The summed E-state index contributed by atoms with van der Waals surface area (Å²) in [6.07, 6.45) is 1.10. The van der Waals surface area contributed by atoms with E-state index in [2.05, 4.69) is 33.5 Å². The summed E-state index contributed by atoms with van der Waals surface area (Å²) >= 11 is 5.32. The van der Waals surface area contributed by atoms with Crippen molar-refractivity contribution < 1.29 is 4.79 Å². The summed E-state index contributed by atoms with van der Waals surface area (Å²) in [6, 6.07) is 7.60. The van der Waals surface area contributed by atoms with Crippen molar-refractivity contribution in [3.63, 3.8) is 0 Å². The van der Waals surface area contributed by atoms with Crippen LogP contribution < -0.4 is 10.6 Å². The molecule has 0 aromatic heterocycles. The lowest BCUT2D eigenvalue weighted by Crippen LogP contribution is -2.29. The quantitative estimate of drug-likeness (QED) is 0.719. The van der Waals surface area contributed by atoms with Gasteiger partial charge in [-0.1, -0.05) is 19.1 Å². The highest BCUT2D eigenvalue weighted by Crippen LogP contribution is 2.20. The lowest BCUT2D eigenvalue weighted by atomic mass is 10.3. The first-order chi connectivity index (χ1) is 8.74. The first-order valence-electron chi connectivity index (χ1n) is 6.07. The van der Waals surface area contributed by atoms with Crippen molar-refractivity contribution in [1.82, 2.24) is 5.32 Å². The summed E-state index contributed by atoms with van der Waals surface area (Å²) < 4.78 is 0.901. The minimum absolute atomic E-state index is 0.00922. The molecule has 0 fully saturated rings. The van der Waals surface area contributed by atoms with Crippen molar-refractivity contribution in [2.24, 2.45) is 0 Å². The molecule has 1 rings (SSSR count). The fourth-order valence-corrected chi connectivity index (χ4v) is 2.42. The number of amides is 1. The third kappa shape index (κ3) is 6.42. The van der Waals surface area contributed by atoms with E-state index in [0.29, 0.717) is 6.54 Å². The van der Waals surface area contributed by atoms with Crippen LogP contribution in [0.3, 0.4) is 0 Å². The van der Waals surface area contributed by atoms with E-state index in [-0.39, 0.29) is 5.91 Å². The molecule has 100 valence electrons. The predicted molar refractivity (Wildman–Crippen MR) is 83.3 cm³/mol. The summed E-state index contributed by atoms with van der Waals surface area (Å²) in [7, 11) is 0. The van der Waals surface area contributed by atoms with E-state index in [9.17, 15) is 4.79 Å². The second kappa shape index (κ2) is 9.42. The van der Waals surface area contributed by atoms with E-state index in [4.69, 9.17) is 0 Å². The molecule has 1 aromatic carbocycles. The van der Waals surface area contributed by atoms with E-state index in [0.717, 1.165) is 34.6 Å². The molecule has 0 saturated heterocycles. The van der Waals surface area contributed by atoms with Crippen LogP contribution in [0.5, 0.6) is 0 Å². The normalized spacial score (nSPS) is 10.3. The van der Waals surface area contributed by atoms with Crippen LogP contribution in [0.1, 0.15) is 13.3 Å². The zero-order valence-corrected chi connectivity index (χ0v) is 12.9. The molecular formula is C13H19BrN2OS. The Balaban J connectivity index is 2.16. The van der Waals surface area contributed by atoms with Gasteiger partial charge in [-0.2, -0.15) is 11.8 Å². The molecule has 1 amide bonds. The van der Waals surface area contributed by atoms with Gasteiger partial charge in [0.05, 0.1) is 12.2 Å². The van der Waals surface area contributed by atoms with Crippen LogP contribution in [0.25, 0.3) is 0 Å². The second-order valence-corrected chi connectivity index (χ2v) is 6.00. The first-order valence-corrected chi connectivity index (χ1v) is 8.01. The average Bonchev–Trinajstić information content (AvgIpc) is 2.36. The smallest absolute Gasteiger partial charge is 0.238 e. The Labute approximate surface area is 121 Å². The van der Waals surface area contributed by atoms with Crippen molar-refractivity contribution in [3.8, 4) is 0 Å². The van der Waals surface area contributed by atoms with Crippen molar-refractivity contribution in [1.29, 1.82) is 0 Å². The standard InChI is InChI=1S/C13H19BrN2OS/c1-2-18-9-5-8-15-10-13(17)16-12-7-4-3-6-11(12)14/h3-4,6-7,15H,2,5,8-10H2,1H3,(H,16,17). The zero-order valence-electron chi connectivity index (χ0n) is 10.5. The van der Waals surface area contributed by atoms with E-state index in [1.165, 1.54) is 0 Å². The highest BCUT2D eigenvalue weighted by molar-refractivity contribution is 9.10. The molecular weight excluding hydrogens is 312 g/mol. The molecule has 0 aliphatic carbocycles. The topological polar surface area (TPSA) is 41.1 Å². The van der Waals surface area contributed by atoms with Gasteiger partial charge in [-0.3, -0.25) is 4.79 Å². The van der Waals surface area contributed by atoms with Crippen LogP contribution in [0.4, 0.5) is 5.69 Å². The molecule has 0 spiro atoms. The maximum absolute atomic E-state index is 11.7. The Bertz CT molecular complexity index is 374. The second-order valence-electron chi connectivity index (χ2n) is 3.76. The minimum Gasteiger partial charge on any atom is -0.324 e. The van der Waals surface area contributed by atoms with E-state index >= 15 is 0 Å². The van der Waals surface area contributed by atoms with Gasteiger partial charge in [-0.15, -0.1) is 0 Å². The van der Waals surface area contributed by atoms with Crippen LogP contribution >= 0.6 is 27.7 Å². The number of rotatable bonds is 8. The molecule has 18 heavy (non-hydrogen) atoms. The van der Waals surface area contributed by atoms with Crippen LogP contribution in [-0.4, -0.2) is 30.5 Å². The van der Waals surface area contributed by atoms with Gasteiger partial charge in [0, 0.05) is 4.47 Å². The number of carbonyl (C=O) groups is 1. The maximum atomic E-state index is 11.7. The molecule has 0 radical (unpaired) electrons. The molecule has 0 aliphatic heterocycles. The van der Waals surface area contributed by atoms with Crippen LogP contribution in [-0.2, 0) is 4.79 Å². The molecule has 2 N–H and O–H groups in total. The van der Waals surface area contributed by atoms with Crippen molar-refractivity contribution >= 4 is 39.3 Å². The number of carbonyl (C=O) groups excluding carboxylic acids is 1. The van der Waals surface area contributed by atoms with Gasteiger partial charge >= 0.3 is 0 Å². The van der Waals surface area contributed by atoms with Gasteiger partial charge in [0.2, 0.25) is 5.91 Å². The van der Waals surface area contributed by atoms with Gasteiger partial charge in [-0.25, -0.2) is 0 Å². The van der Waals surface area contributed by atoms with Crippen LogP contribution in [0.15, 0.2) is 28.7 Å². The summed E-state index contributed by atoms with van der Waals surface area (Å²) in [5.74, 6) is 2.29. The van der Waals surface area contributed by atoms with Gasteiger partial charge in [0.1, 0.15) is 0 Å². The number of benzene rings is 1. The molecule has 3 nitrogen and oxygen atoms in total. The average molecular weight is 331 g/mol. The molecule has 0 saturated carbocycles. The molecule has 0 aliphatic rings. The minimum atomic E-state index is -0.00922. The summed E-state index contributed by atoms with van der Waals surface area (Å²) in [5, 5.41) is 6.00. The summed E-state index contributed by atoms with van der Waals surface area (Å²) in [5.41, 5.74) is 0.811. The van der Waals surface area contributed by atoms with Gasteiger partial charge in [0.15, 0.2) is 0 Å². The number of anilines is 1. The SMILES string of the molecule is CCSCCCNCC(=O)Nc1ccccc1Br. The summed E-state index contributed by atoms with van der Waals surface area (Å²) in [4.78, 5) is 11.7. The Morgan fingerprint density at radius 2 is 2.17 bits per heavy atom. The number of nitrogens with one attached hydrogen (secondary N) is 2. The molecule has 0 atom stereocenters. The fourth-order valence-electron chi connectivity index (χ4n) is 1.40. The van der Waals surface area contributed by atoms with E-state index in [1.54, 1.807) is 0 Å². The Morgan fingerprint density at radius 3 is 2.89 bits per heavy atom. The van der Waals surface area contributed by atoms with E-state index in [1.807, 2.05) is 36.0 Å². The highest BCUT2D eigenvalue weighted by atomic mass is 79.9.